The first-order valence-corrected chi connectivity index (χ1v) is 9.37. The van der Waals surface area contributed by atoms with E-state index in [4.69, 9.17) is 0 Å². The Labute approximate surface area is 149 Å². The highest BCUT2D eigenvalue weighted by atomic mass is 16.2. The molecule has 1 saturated heterocycles. The summed E-state index contributed by atoms with van der Waals surface area (Å²) >= 11 is 0. The highest BCUT2D eigenvalue weighted by Crippen LogP contribution is 2.26. The first kappa shape index (κ1) is 16.2. The van der Waals surface area contributed by atoms with E-state index in [2.05, 4.69) is 28.2 Å². The van der Waals surface area contributed by atoms with Crippen LogP contribution in [0, 0.1) is 6.92 Å². The molecule has 4 nitrogen and oxygen atoms in total. The average molecular weight is 335 g/mol. The van der Waals surface area contributed by atoms with E-state index in [1.807, 2.05) is 24.1 Å². The standard InChI is InChI=1S/C21H25N3O/c1-15-8-10-22-21(23-15)19-9-11-24(14-19)20(25)13-16-6-7-17-4-2-3-5-18(17)12-16/h6-8,10,12,19H,2-5,9,11,13-14H2,1H3/t19-/m0/s1. The van der Waals surface area contributed by atoms with Crippen LogP contribution in [0.4, 0.5) is 0 Å². The molecule has 0 N–H and O–H groups in total. The molecule has 1 fully saturated rings. The van der Waals surface area contributed by atoms with Gasteiger partial charge in [0.25, 0.3) is 0 Å². The third-order valence-corrected chi connectivity index (χ3v) is 5.49. The van der Waals surface area contributed by atoms with Crippen LogP contribution < -0.4 is 0 Å². The Kier molecular flexibility index (Phi) is 4.51. The molecule has 0 spiro atoms. The van der Waals surface area contributed by atoms with E-state index in [1.54, 1.807) is 0 Å². The molecular formula is C21H25N3O. The minimum Gasteiger partial charge on any atom is -0.342 e. The van der Waals surface area contributed by atoms with Gasteiger partial charge in [0.15, 0.2) is 0 Å². The summed E-state index contributed by atoms with van der Waals surface area (Å²) < 4.78 is 0. The Morgan fingerprint density at radius 1 is 1.20 bits per heavy atom. The molecule has 130 valence electrons. The van der Waals surface area contributed by atoms with Crippen molar-refractivity contribution in [3.63, 3.8) is 0 Å². The molecule has 0 saturated carbocycles. The van der Waals surface area contributed by atoms with Crippen molar-refractivity contribution in [2.24, 2.45) is 0 Å². The molecule has 0 unspecified atom stereocenters. The van der Waals surface area contributed by atoms with Crippen molar-refractivity contribution in [3.8, 4) is 0 Å². The lowest BCUT2D eigenvalue weighted by Crippen LogP contribution is -2.30. The lowest BCUT2D eigenvalue weighted by Gasteiger charge is -2.19. The van der Waals surface area contributed by atoms with Crippen LogP contribution >= 0.6 is 0 Å². The van der Waals surface area contributed by atoms with E-state index < -0.39 is 0 Å². The number of benzene rings is 1. The summed E-state index contributed by atoms with van der Waals surface area (Å²) in [5.74, 6) is 1.38. The van der Waals surface area contributed by atoms with E-state index in [0.29, 0.717) is 6.42 Å². The lowest BCUT2D eigenvalue weighted by molar-refractivity contribution is -0.129. The second-order valence-electron chi connectivity index (χ2n) is 7.37. The van der Waals surface area contributed by atoms with Gasteiger partial charge in [-0.1, -0.05) is 18.2 Å². The van der Waals surface area contributed by atoms with Gasteiger partial charge in [-0.25, -0.2) is 9.97 Å². The zero-order valence-electron chi connectivity index (χ0n) is 14.9. The van der Waals surface area contributed by atoms with Crippen LogP contribution in [-0.2, 0) is 24.1 Å². The maximum absolute atomic E-state index is 12.7. The van der Waals surface area contributed by atoms with Gasteiger partial charge in [0, 0.05) is 30.9 Å². The first-order valence-electron chi connectivity index (χ1n) is 9.37. The minimum absolute atomic E-state index is 0.228. The molecule has 4 heteroatoms. The predicted octanol–water partition coefficient (Wildman–Crippen LogP) is 3.22. The SMILES string of the molecule is Cc1ccnc([C@H]2CCN(C(=O)Cc3ccc4c(c3)CCCC4)C2)n1. The molecule has 2 heterocycles. The van der Waals surface area contributed by atoms with Crippen molar-refractivity contribution in [1.82, 2.24) is 14.9 Å². The molecule has 1 aromatic carbocycles. The molecule has 1 aliphatic carbocycles. The number of likely N-dealkylation sites (tertiary alicyclic amines) is 1. The molecule has 25 heavy (non-hydrogen) atoms. The Balaban J connectivity index is 1.40. The summed E-state index contributed by atoms with van der Waals surface area (Å²) in [5.41, 5.74) is 5.06. The molecule has 2 aliphatic rings. The summed E-state index contributed by atoms with van der Waals surface area (Å²) in [6, 6.07) is 8.53. The molecule has 1 aliphatic heterocycles. The molecule has 0 bridgehead atoms. The van der Waals surface area contributed by atoms with Gasteiger partial charge < -0.3 is 4.90 Å². The molecule has 0 radical (unpaired) electrons. The molecule has 4 rings (SSSR count). The van der Waals surface area contributed by atoms with E-state index in [-0.39, 0.29) is 11.8 Å². The maximum Gasteiger partial charge on any atom is 0.227 e. The van der Waals surface area contributed by atoms with Crippen molar-refractivity contribution >= 4 is 5.91 Å². The van der Waals surface area contributed by atoms with Gasteiger partial charge >= 0.3 is 0 Å². The highest BCUT2D eigenvalue weighted by molar-refractivity contribution is 5.79. The van der Waals surface area contributed by atoms with Crippen LogP contribution in [0.2, 0.25) is 0 Å². The third-order valence-electron chi connectivity index (χ3n) is 5.49. The van der Waals surface area contributed by atoms with E-state index in [0.717, 1.165) is 43.0 Å². The molecule has 1 amide bonds. The van der Waals surface area contributed by atoms with Crippen LogP contribution in [0.1, 0.15) is 53.4 Å². The zero-order valence-corrected chi connectivity index (χ0v) is 14.9. The Hall–Kier alpha value is -2.23. The number of aromatic nitrogens is 2. The first-order chi connectivity index (χ1) is 12.2. The summed E-state index contributed by atoms with van der Waals surface area (Å²) in [6.07, 6.45) is 8.20. The van der Waals surface area contributed by atoms with Gasteiger partial charge in [-0.2, -0.15) is 0 Å². The van der Waals surface area contributed by atoms with Crippen LogP contribution in [0.3, 0.4) is 0 Å². The van der Waals surface area contributed by atoms with Gasteiger partial charge in [-0.15, -0.1) is 0 Å². The number of rotatable bonds is 3. The summed E-state index contributed by atoms with van der Waals surface area (Å²) in [6.45, 7) is 3.54. The van der Waals surface area contributed by atoms with Gasteiger partial charge in [0.2, 0.25) is 5.91 Å². The van der Waals surface area contributed by atoms with Crippen LogP contribution in [0.15, 0.2) is 30.5 Å². The largest absolute Gasteiger partial charge is 0.342 e. The number of carbonyl (C=O) groups is 1. The van der Waals surface area contributed by atoms with Gasteiger partial charge in [0.05, 0.1) is 6.42 Å². The van der Waals surface area contributed by atoms with Crippen molar-refractivity contribution in [3.05, 3.63) is 58.7 Å². The summed E-state index contributed by atoms with van der Waals surface area (Å²) in [7, 11) is 0. The Morgan fingerprint density at radius 3 is 2.88 bits per heavy atom. The maximum atomic E-state index is 12.7. The number of nitrogens with zero attached hydrogens (tertiary/aromatic N) is 3. The normalized spacial score (nSPS) is 19.7. The molecule has 1 atom stereocenters. The van der Waals surface area contributed by atoms with Crippen molar-refractivity contribution < 1.29 is 4.79 Å². The zero-order chi connectivity index (χ0) is 17.2. The fourth-order valence-electron chi connectivity index (χ4n) is 4.05. The molecular weight excluding hydrogens is 310 g/mol. The van der Waals surface area contributed by atoms with E-state index in [1.165, 1.54) is 30.4 Å². The fourth-order valence-corrected chi connectivity index (χ4v) is 4.05. The van der Waals surface area contributed by atoms with Crippen LogP contribution in [0.5, 0.6) is 0 Å². The quantitative estimate of drug-likeness (QED) is 0.865. The third kappa shape index (κ3) is 3.58. The number of hydrogen-bond donors (Lipinski definition) is 0. The predicted molar refractivity (Wildman–Crippen MR) is 97.5 cm³/mol. The molecule has 2 aromatic rings. The van der Waals surface area contributed by atoms with Crippen molar-refractivity contribution in [2.45, 2.75) is 51.4 Å². The Bertz CT molecular complexity index is 786. The second kappa shape index (κ2) is 6.95. The highest BCUT2D eigenvalue weighted by Gasteiger charge is 2.29. The van der Waals surface area contributed by atoms with Crippen molar-refractivity contribution in [1.29, 1.82) is 0 Å². The summed E-state index contributed by atoms with van der Waals surface area (Å²) in [4.78, 5) is 23.6. The number of fused-ring (bicyclic) bond motifs is 1. The van der Waals surface area contributed by atoms with Gasteiger partial charge in [0.1, 0.15) is 5.82 Å². The van der Waals surface area contributed by atoms with Crippen LogP contribution in [-0.4, -0.2) is 33.9 Å². The monoisotopic (exact) mass is 335 g/mol. The lowest BCUT2D eigenvalue weighted by atomic mass is 9.90. The number of hydrogen-bond acceptors (Lipinski definition) is 3. The number of aryl methyl sites for hydroxylation is 3. The average Bonchev–Trinajstić information content (AvgIpc) is 3.12. The topological polar surface area (TPSA) is 46.1 Å². The smallest absolute Gasteiger partial charge is 0.227 e. The van der Waals surface area contributed by atoms with Gasteiger partial charge in [-0.3, -0.25) is 4.79 Å². The minimum atomic E-state index is 0.228. The Morgan fingerprint density at radius 2 is 2.04 bits per heavy atom. The van der Waals surface area contributed by atoms with Crippen molar-refractivity contribution in [2.75, 3.05) is 13.1 Å². The van der Waals surface area contributed by atoms with E-state index >= 15 is 0 Å². The fraction of sp³-hybridized carbons (Fsp3) is 0.476. The van der Waals surface area contributed by atoms with E-state index in [9.17, 15) is 4.79 Å². The van der Waals surface area contributed by atoms with Crippen LogP contribution in [0.25, 0.3) is 0 Å². The number of carbonyl (C=O) groups excluding carboxylic acids is 1. The number of amides is 1. The molecule has 1 aromatic heterocycles. The second-order valence-corrected chi connectivity index (χ2v) is 7.37. The summed E-state index contributed by atoms with van der Waals surface area (Å²) in [5, 5.41) is 0. The van der Waals surface area contributed by atoms with Gasteiger partial charge in [-0.05, 0) is 61.8 Å².